The third kappa shape index (κ3) is 3.01. The number of rotatable bonds is 3. The maximum Gasteiger partial charge on any atom is 0.283 e. The quantitative estimate of drug-likeness (QED) is 0.729. The molecule has 5 heteroatoms. The van der Waals surface area contributed by atoms with E-state index in [0.29, 0.717) is 11.7 Å². The van der Waals surface area contributed by atoms with Crippen molar-refractivity contribution in [3.63, 3.8) is 0 Å². The molecule has 1 aromatic rings. The van der Waals surface area contributed by atoms with Gasteiger partial charge in [0.05, 0.1) is 0 Å². The molecular weight excluding hydrogens is 206 g/mol. The maximum atomic E-state index is 11.6. The fourth-order valence-corrected chi connectivity index (χ4v) is 1.57. The van der Waals surface area contributed by atoms with E-state index >= 15 is 0 Å². The number of nitrogens with one attached hydrogen (secondary N) is 2. The van der Waals surface area contributed by atoms with Crippen molar-refractivity contribution in [2.75, 3.05) is 13.2 Å². The molecule has 0 radical (unpaired) electrons. The van der Waals surface area contributed by atoms with Gasteiger partial charge in [-0.05, 0) is 25.0 Å². The van der Waals surface area contributed by atoms with Crippen LogP contribution in [0.25, 0.3) is 0 Å². The molecule has 1 aliphatic heterocycles. The van der Waals surface area contributed by atoms with Crippen molar-refractivity contribution in [1.82, 2.24) is 15.8 Å². The van der Waals surface area contributed by atoms with Crippen molar-refractivity contribution in [2.45, 2.75) is 18.9 Å². The van der Waals surface area contributed by atoms with E-state index in [4.69, 9.17) is 4.74 Å². The molecule has 0 atom stereocenters. The second-order valence-corrected chi connectivity index (χ2v) is 3.70. The molecule has 16 heavy (non-hydrogen) atoms. The van der Waals surface area contributed by atoms with Gasteiger partial charge in [-0.15, -0.1) is 0 Å². The first kappa shape index (κ1) is 11.0. The van der Waals surface area contributed by atoms with Crippen molar-refractivity contribution < 1.29 is 9.53 Å². The molecule has 0 aromatic carbocycles. The average Bonchev–Trinajstić information content (AvgIpc) is 2.38. The number of carbonyl (C=O) groups is 1. The zero-order valence-electron chi connectivity index (χ0n) is 8.98. The van der Waals surface area contributed by atoms with Gasteiger partial charge in [-0.1, -0.05) is 6.07 Å². The van der Waals surface area contributed by atoms with Crippen molar-refractivity contribution in [2.24, 2.45) is 0 Å². The van der Waals surface area contributed by atoms with Crippen LogP contribution in [-0.4, -0.2) is 30.1 Å². The Morgan fingerprint density at radius 1 is 1.38 bits per heavy atom. The second kappa shape index (κ2) is 5.58. The molecule has 0 spiro atoms. The lowest BCUT2D eigenvalue weighted by atomic mass is 10.1. The van der Waals surface area contributed by atoms with Gasteiger partial charge in [0.1, 0.15) is 5.69 Å². The number of nitrogens with zero attached hydrogens (tertiary/aromatic N) is 1. The number of hydrazine groups is 1. The molecule has 0 aliphatic carbocycles. The molecule has 1 saturated heterocycles. The monoisotopic (exact) mass is 221 g/mol. The van der Waals surface area contributed by atoms with Gasteiger partial charge < -0.3 is 4.74 Å². The van der Waals surface area contributed by atoms with E-state index in [1.165, 1.54) is 0 Å². The van der Waals surface area contributed by atoms with Crippen LogP contribution in [0.5, 0.6) is 0 Å². The first-order chi connectivity index (χ1) is 7.86. The van der Waals surface area contributed by atoms with Crippen LogP contribution in [0, 0.1) is 0 Å². The summed E-state index contributed by atoms with van der Waals surface area (Å²) >= 11 is 0. The molecule has 1 aromatic heterocycles. The summed E-state index contributed by atoms with van der Waals surface area (Å²) < 4.78 is 5.23. The van der Waals surface area contributed by atoms with Crippen molar-refractivity contribution in [3.8, 4) is 0 Å². The summed E-state index contributed by atoms with van der Waals surface area (Å²) in [7, 11) is 0. The SMILES string of the molecule is O=C(NNC1CCOCC1)c1ccccn1. The van der Waals surface area contributed by atoms with Crippen molar-refractivity contribution >= 4 is 5.91 Å². The minimum atomic E-state index is -0.202. The molecule has 5 nitrogen and oxygen atoms in total. The lowest BCUT2D eigenvalue weighted by Gasteiger charge is -2.23. The highest BCUT2D eigenvalue weighted by Crippen LogP contribution is 2.04. The molecule has 1 amide bonds. The van der Waals surface area contributed by atoms with Crippen LogP contribution in [0.2, 0.25) is 0 Å². The predicted molar refractivity (Wildman–Crippen MR) is 58.7 cm³/mol. The van der Waals surface area contributed by atoms with E-state index in [9.17, 15) is 4.79 Å². The van der Waals surface area contributed by atoms with Crippen LogP contribution in [-0.2, 0) is 4.74 Å². The molecule has 0 saturated carbocycles. The summed E-state index contributed by atoms with van der Waals surface area (Å²) in [6.45, 7) is 1.49. The molecular formula is C11H15N3O2. The Bertz CT molecular complexity index is 336. The van der Waals surface area contributed by atoms with Crippen molar-refractivity contribution in [1.29, 1.82) is 0 Å². The first-order valence-corrected chi connectivity index (χ1v) is 5.41. The molecule has 2 heterocycles. The summed E-state index contributed by atoms with van der Waals surface area (Å²) in [6.07, 6.45) is 3.44. The molecule has 2 N–H and O–H groups in total. The van der Waals surface area contributed by atoms with Gasteiger partial charge in [0, 0.05) is 25.5 Å². The Morgan fingerprint density at radius 3 is 2.88 bits per heavy atom. The van der Waals surface area contributed by atoms with Crippen LogP contribution >= 0.6 is 0 Å². The van der Waals surface area contributed by atoms with E-state index in [1.807, 2.05) is 0 Å². The smallest absolute Gasteiger partial charge is 0.283 e. The summed E-state index contributed by atoms with van der Waals surface area (Å²) in [5.41, 5.74) is 6.08. The Balaban J connectivity index is 1.79. The van der Waals surface area contributed by atoms with Crippen LogP contribution < -0.4 is 10.9 Å². The zero-order chi connectivity index (χ0) is 11.2. The lowest BCUT2D eigenvalue weighted by Crippen LogP contribution is -2.46. The Morgan fingerprint density at radius 2 is 2.19 bits per heavy atom. The van der Waals surface area contributed by atoms with Gasteiger partial charge in [-0.25, -0.2) is 5.43 Å². The average molecular weight is 221 g/mol. The standard InChI is InChI=1S/C11H15N3O2/c15-11(10-3-1-2-6-12-10)14-13-9-4-7-16-8-5-9/h1-3,6,9,13H,4-5,7-8H2,(H,14,15). The summed E-state index contributed by atoms with van der Waals surface area (Å²) in [5.74, 6) is -0.202. The maximum absolute atomic E-state index is 11.6. The highest BCUT2D eigenvalue weighted by molar-refractivity contribution is 5.91. The van der Waals surface area contributed by atoms with Gasteiger partial charge in [0.25, 0.3) is 5.91 Å². The van der Waals surface area contributed by atoms with E-state index in [0.717, 1.165) is 26.1 Å². The van der Waals surface area contributed by atoms with E-state index in [1.54, 1.807) is 24.4 Å². The number of hydrogen-bond donors (Lipinski definition) is 2. The van der Waals surface area contributed by atoms with Gasteiger partial charge in [-0.3, -0.25) is 15.2 Å². The number of carbonyl (C=O) groups excluding carboxylic acids is 1. The number of amides is 1. The van der Waals surface area contributed by atoms with Crippen LogP contribution in [0.4, 0.5) is 0 Å². The van der Waals surface area contributed by atoms with Gasteiger partial charge in [0.15, 0.2) is 0 Å². The normalized spacial score (nSPS) is 17.0. The third-order valence-corrected chi connectivity index (χ3v) is 2.51. The predicted octanol–water partition coefficient (Wildman–Crippen LogP) is 0.495. The highest BCUT2D eigenvalue weighted by Gasteiger charge is 2.14. The van der Waals surface area contributed by atoms with Gasteiger partial charge >= 0.3 is 0 Å². The molecule has 0 unspecified atom stereocenters. The zero-order valence-corrected chi connectivity index (χ0v) is 8.98. The van der Waals surface area contributed by atoms with Crippen LogP contribution in [0.3, 0.4) is 0 Å². The topological polar surface area (TPSA) is 63.2 Å². The van der Waals surface area contributed by atoms with Crippen LogP contribution in [0.1, 0.15) is 23.3 Å². The fourth-order valence-electron chi connectivity index (χ4n) is 1.57. The van der Waals surface area contributed by atoms with Gasteiger partial charge in [0.2, 0.25) is 0 Å². The number of hydrogen-bond acceptors (Lipinski definition) is 4. The first-order valence-electron chi connectivity index (χ1n) is 5.41. The molecule has 86 valence electrons. The minimum Gasteiger partial charge on any atom is -0.381 e. The second-order valence-electron chi connectivity index (χ2n) is 3.70. The largest absolute Gasteiger partial charge is 0.381 e. The van der Waals surface area contributed by atoms with Crippen molar-refractivity contribution in [3.05, 3.63) is 30.1 Å². The Hall–Kier alpha value is -1.46. The fraction of sp³-hybridized carbons (Fsp3) is 0.455. The summed E-state index contributed by atoms with van der Waals surface area (Å²) in [6, 6.07) is 5.54. The summed E-state index contributed by atoms with van der Waals surface area (Å²) in [4.78, 5) is 15.6. The van der Waals surface area contributed by atoms with E-state index in [2.05, 4.69) is 15.8 Å². The van der Waals surface area contributed by atoms with Crippen LogP contribution in [0.15, 0.2) is 24.4 Å². The molecule has 1 aliphatic rings. The highest BCUT2D eigenvalue weighted by atomic mass is 16.5. The lowest BCUT2D eigenvalue weighted by molar-refractivity contribution is 0.0693. The minimum absolute atomic E-state index is 0.202. The molecule has 0 bridgehead atoms. The van der Waals surface area contributed by atoms with E-state index in [-0.39, 0.29) is 5.91 Å². The summed E-state index contributed by atoms with van der Waals surface area (Å²) in [5, 5.41) is 0. The number of aromatic nitrogens is 1. The molecule has 2 rings (SSSR count). The third-order valence-electron chi connectivity index (χ3n) is 2.51. The molecule has 1 fully saturated rings. The number of ether oxygens (including phenoxy) is 1. The Labute approximate surface area is 94.2 Å². The van der Waals surface area contributed by atoms with Gasteiger partial charge in [-0.2, -0.15) is 0 Å². The number of pyridine rings is 1. The Kier molecular flexibility index (Phi) is 3.85. The van der Waals surface area contributed by atoms with E-state index < -0.39 is 0 Å².